The molecule has 0 aromatic heterocycles. The standard InChI is InChI=1S/C9H16F2N2O/c1-12-5-8(14)13-4-2-3-7(6-13)9(10)11/h7,9,12H,2-6H2,1H3/t7-/m1/s1. The molecular formula is C9H16F2N2O. The summed E-state index contributed by atoms with van der Waals surface area (Å²) in [6, 6.07) is 0. The number of piperidine rings is 1. The molecule has 0 unspecified atom stereocenters. The van der Waals surface area contributed by atoms with E-state index >= 15 is 0 Å². The Morgan fingerprint density at radius 3 is 2.93 bits per heavy atom. The Morgan fingerprint density at radius 2 is 2.36 bits per heavy atom. The molecule has 14 heavy (non-hydrogen) atoms. The Kier molecular flexibility index (Phi) is 4.25. The van der Waals surface area contributed by atoms with Crippen LogP contribution in [0.4, 0.5) is 8.78 Å². The number of alkyl halides is 2. The molecule has 1 saturated heterocycles. The van der Waals surface area contributed by atoms with Crippen molar-refractivity contribution in [2.75, 3.05) is 26.7 Å². The zero-order valence-corrected chi connectivity index (χ0v) is 8.30. The number of carbonyl (C=O) groups is 1. The summed E-state index contributed by atoms with van der Waals surface area (Å²) in [5.41, 5.74) is 0. The van der Waals surface area contributed by atoms with Gasteiger partial charge in [-0.15, -0.1) is 0 Å². The van der Waals surface area contributed by atoms with Crippen LogP contribution in [0, 0.1) is 5.92 Å². The predicted octanol–water partition coefficient (Wildman–Crippen LogP) is 0.709. The van der Waals surface area contributed by atoms with E-state index in [9.17, 15) is 13.6 Å². The summed E-state index contributed by atoms with van der Waals surface area (Å²) in [6.07, 6.45) is -1.09. The highest BCUT2D eigenvalue weighted by molar-refractivity contribution is 5.78. The maximum atomic E-state index is 12.4. The van der Waals surface area contributed by atoms with Crippen LogP contribution in [0.2, 0.25) is 0 Å². The average Bonchev–Trinajstić information content (AvgIpc) is 2.18. The first-order valence-electron chi connectivity index (χ1n) is 4.85. The summed E-state index contributed by atoms with van der Waals surface area (Å²) in [6.45, 7) is 1.05. The second-order valence-corrected chi connectivity index (χ2v) is 3.61. The van der Waals surface area contributed by atoms with Crippen molar-refractivity contribution in [2.24, 2.45) is 5.92 Å². The van der Waals surface area contributed by atoms with Crippen molar-refractivity contribution in [3.8, 4) is 0 Å². The van der Waals surface area contributed by atoms with Gasteiger partial charge in [0.05, 0.1) is 6.54 Å². The summed E-state index contributed by atoms with van der Waals surface area (Å²) < 4.78 is 24.8. The quantitative estimate of drug-likeness (QED) is 0.737. The lowest BCUT2D eigenvalue weighted by atomic mass is 9.98. The number of carbonyl (C=O) groups excluding carboxylic acids is 1. The highest BCUT2D eigenvalue weighted by Crippen LogP contribution is 2.22. The molecule has 0 aliphatic carbocycles. The SMILES string of the molecule is CNCC(=O)N1CCC[C@@H](C(F)F)C1. The number of nitrogens with one attached hydrogen (secondary N) is 1. The number of likely N-dealkylation sites (tertiary alicyclic amines) is 1. The number of halogens is 2. The van der Waals surface area contributed by atoms with Crippen molar-refractivity contribution >= 4 is 5.91 Å². The maximum absolute atomic E-state index is 12.4. The topological polar surface area (TPSA) is 32.3 Å². The van der Waals surface area contributed by atoms with E-state index in [1.165, 1.54) is 4.90 Å². The number of likely N-dealkylation sites (N-methyl/N-ethyl adjacent to an activating group) is 1. The molecule has 82 valence electrons. The van der Waals surface area contributed by atoms with E-state index in [4.69, 9.17) is 0 Å². The van der Waals surface area contributed by atoms with Crippen LogP contribution in [0.5, 0.6) is 0 Å². The molecule has 3 nitrogen and oxygen atoms in total. The van der Waals surface area contributed by atoms with Gasteiger partial charge in [0.25, 0.3) is 0 Å². The molecule has 0 spiro atoms. The Hall–Kier alpha value is -0.710. The van der Waals surface area contributed by atoms with Crippen LogP contribution in [-0.4, -0.2) is 43.9 Å². The smallest absolute Gasteiger partial charge is 0.243 e. The van der Waals surface area contributed by atoms with Crippen molar-refractivity contribution in [1.29, 1.82) is 0 Å². The summed E-state index contributed by atoms with van der Waals surface area (Å²) in [5.74, 6) is -0.720. The molecule has 1 atom stereocenters. The van der Waals surface area contributed by atoms with Gasteiger partial charge in [-0.05, 0) is 19.9 Å². The van der Waals surface area contributed by atoms with Gasteiger partial charge >= 0.3 is 0 Å². The number of nitrogens with zero attached hydrogens (tertiary/aromatic N) is 1. The molecule has 0 aromatic carbocycles. The van der Waals surface area contributed by atoms with Gasteiger partial charge in [0.15, 0.2) is 0 Å². The van der Waals surface area contributed by atoms with Gasteiger partial charge < -0.3 is 10.2 Å². The van der Waals surface area contributed by atoms with Crippen molar-refractivity contribution < 1.29 is 13.6 Å². The van der Waals surface area contributed by atoms with Crippen molar-refractivity contribution in [2.45, 2.75) is 19.3 Å². The van der Waals surface area contributed by atoms with Gasteiger partial charge in [0.1, 0.15) is 0 Å². The summed E-state index contributed by atoms with van der Waals surface area (Å²) in [7, 11) is 1.67. The van der Waals surface area contributed by atoms with Gasteiger partial charge in [0, 0.05) is 19.0 Å². The van der Waals surface area contributed by atoms with Crippen molar-refractivity contribution in [3.05, 3.63) is 0 Å². The third-order valence-corrected chi connectivity index (χ3v) is 2.49. The van der Waals surface area contributed by atoms with Crippen LogP contribution in [0.3, 0.4) is 0 Å². The highest BCUT2D eigenvalue weighted by Gasteiger charge is 2.28. The second kappa shape index (κ2) is 5.24. The predicted molar refractivity (Wildman–Crippen MR) is 49.2 cm³/mol. The number of hydrogen-bond donors (Lipinski definition) is 1. The summed E-state index contributed by atoms with van der Waals surface area (Å²) in [5, 5.41) is 2.73. The van der Waals surface area contributed by atoms with Gasteiger partial charge in [-0.1, -0.05) is 0 Å². The van der Waals surface area contributed by atoms with E-state index in [1.807, 2.05) is 0 Å². The Bertz CT molecular complexity index is 199. The molecule has 0 saturated carbocycles. The normalized spacial score (nSPS) is 22.9. The third-order valence-electron chi connectivity index (χ3n) is 2.49. The van der Waals surface area contributed by atoms with Crippen LogP contribution in [-0.2, 0) is 4.79 Å². The molecule has 0 bridgehead atoms. The van der Waals surface area contributed by atoms with E-state index < -0.39 is 12.3 Å². The Morgan fingerprint density at radius 1 is 1.64 bits per heavy atom. The largest absolute Gasteiger partial charge is 0.341 e. The summed E-state index contributed by atoms with van der Waals surface area (Å²) >= 11 is 0. The van der Waals surface area contributed by atoms with Crippen molar-refractivity contribution in [3.63, 3.8) is 0 Å². The van der Waals surface area contributed by atoms with Crippen LogP contribution in [0.25, 0.3) is 0 Å². The zero-order valence-electron chi connectivity index (χ0n) is 8.30. The van der Waals surface area contributed by atoms with Gasteiger partial charge in [-0.2, -0.15) is 0 Å². The monoisotopic (exact) mass is 206 g/mol. The van der Waals surface area contributed by atoms with Crippen LogP contribution < -0.4 is 5.32 Å². The van der Waals surface area contributed by atoms with Crippen LogP contribution >= 0.6 is 0 Å². The van der Waals surface area contributed by atoms with E-state index in [-0.39, 0.29) is 19.0 Å². The minimum atomic E-state index is -2.31. The average molecular weight is 206 g/mol. The Balaban J connectivity index is 2.43. The fourth-order valence-corrected chi connectivity index (χ4v) is 1.71. The minimum absolute atomic E-state index is 0.0853. The lowest BCUT2D eigenvalue weighted by Crippen LogP contribution is -2.45. The molecule has 1 heterocycles. The molecule has 5 heteroatoms. The second-order valence-electron chi connectivity index (χ2n) is 3.61. The summed E-state index contributed by atoms with van der Waals surface area (Å²) in [4.78, 5) is 12.9. The molecule has 1 aliphatic rings. The van der Waals surface area contributed by atoms with Gasteiger partial charge in [-0.25, -0.2) is 8.78 Å². The number of amides is 1. The van der Waals surface area contributed by atoms with Gasteiger partial charge in [0.2, 0.25) is 12.3 Å². The fraction of sp³-hybridized carbons (Fsp3) is 0.889. The lowest BCUT2D eigenvalue weighted by molar-refractivity contribution is -0.133. The molecule has 1 rings (SSSR count). The highest BCUT2D eigenvalue weighted by atomic mass is 19.3. The van der Waals surface area contributed by atoms with E-state index in [1.54, 1.807) is 7.05 Å². The molecule has 0 aromatic rings. The van der Waals surface area contributed by atoms with Gasteiger partial charge in [-0.3, -0.25) is 4.79 Å². The molecule has 1 fully saturated rings. The molecule has 0 radical (unpaired) electrons. The van der Waals surface area contributed by atoms with Crippen molar-refractivity contribution in [1.82, 2.24) is 10.2 Å². The Labute approximate surface area is 82.5 Å². The van der Waals surface area contributed by atoms with E-state index in [0.29, 0.717) is 19.4 Å². The first kappa shape index (κ1) is 11.4. The minimum Gasteiger partial charge on any atom is -0.341 e. The lowest BCUT2D eigenvalue weighted by Gasteiger charge is -2.32. The number of rotatable bonds is 3. The maximum Gasteiger partial charge on any atom is 0.243 e. The van der Waals surface area contributed by atoms with Crippen LogP contribution in [0.15, 0.2) is 0 Å². The first-order valence-corrected chi connectivity index (χ1v) is 4.85. The molecule has 1 amide bonds. The third kappa shape index (κ3) is 2.90. The van der Waals surface area contributed by atoms with E-state index in [2.05, 4.69) is 5.32 Å². The molecule has 1 aliphatic heterocycles. The fourth-order valence-electron chi connectivity index (χ4n) is 1.71. The first-order chi connectivity index (χ1) is 6.65. The molecular weight excluding hydrogens is 190 g/mol. The number of hydrogen-bond acceptors (Lipinski definition) is 2. The van der Waals surface area contributed by atoms with E-state index in [0.717, 1.165) is 0 Å². The van der Waals surface area contributed by atoms with Crippen LogP contribution in [0.1, 0.15) is 12.8 Å². The molecule has 1 N–H and O–H groups in total. The zero-order chi connectivity index (χ0) is 10.6.